The van der Waals surface area contributed by atoms with Crippen LogP contribution in [0.1, 0.15) is 42.7 Å². The average molecular weight is 367 g/mol. The predicted octanol–water partition coefficient (Wildman–Crippen LogP) is 2.52. The molecule has 7 heteroatoms. The van der Waals surface area contributed by atoms with Gasteiger partial charge in [-0.25, -0.2) is 9.97 Å². The number of nitrogens with zero attached hydrogens (tertiary/aromatic N) is 4. The molecule has 7 nitrogen and oxygen atoms in total. The summed E-state index contributed by atoms with van der Waals surface area (Å²) in [5.41, 5.74) is 2.23. The first kappa shape index (κ1) is 18.8. The molecule has 1 aromatic heterocycles. The van der Waals surface area contributed by atoms with Crippen molar-refractivity contribution in [2.24, 2.45) is 0 Å². The third kappa shape index (κ3) is 4.61. The van der Waals surface area contributed by atoms with Gasteiger partial charge in [-0.3, -0.25) is 9.59 Å². The van der Waals surface area contributed by atoms with Gasteiger partial charge in [0.2, 0.25) is 5.91 Å². The lowest BCUT2D eigenvalue weighted by Gasteiger charge is -2.34. The molecule has 0 unspecified atom stereocenters. The highest BCUT2D eigenvalue weighted by atomic mass is 16.2. The molecule has 0 aliphatic carbocycles. The largest absolute Gasteiger partial charge is 0.352 e. The number of piperazine rings is 1. The zero-order valence-corrected chi connectivity index (χ0v) is 16.0. The number of carbonyl (C=O) groups excluding carboxylic acids is 2. The van der Waals surface area contributed by atoms with Gasteiger partial charge in [-0.1, -0.05) is 26.0 Å². The molecule has 3 rings (SSSR count). The van der Waals surface area contributed by atoms with Gasteiger partial charge in [-0.05, 0) is 23.6 Å². The van der Waals surface area contributed by atoms with E-state index >= 15 is 0 Å². The molecule has 0 bridgehead atoms. The number of rotatable bonds is 4. The first-order chi connectivity index (χ1) is 12.9. The van der Waals surface area contributed by atoms with Crippen LogP contribution in [-0.4, -0.2) is 52.9 Å². The Kier molecular flexibility index (Phi) is 5.69. The van der Waals surface area contributed by atoms with Gasteiger partial charge < -0.3 is 15.1 Å². The van der Waals surface area contributed by atoms with Crippen molar-refractivity contribution >= 4 is 23.3 Å². The normalized spacial score (nSPS) is 14.4. The Morgan fingerprint density at radius 1 is 1.00 bits per heavy atom. The smallest absolute Gasteiger partial charge is 0.275 e. The summed E-state index contributed by atoms with van der Waals surface area (Å²) in [4.78, 5) is 36.3. The van der Waals surface area contributed by atoms with Crippen molar-refractivity contribution in [3.8, 4) is 0 Å². The van der Waals surface area contributed by atoms with Crippen LogP contribution in [0.5, 0.6) is 0 Å². The first-order valence-corrected chi connectivity index (χ1v) is 9.18. The van der Waals surface area contributed by atoms with Crippen molar-refractivity contribution in [1.29, 1.82) is 0 Å². The van der Waals surface area contributed by atoms with Gasteiger partial charge in [-0.15, -0.1) is 0 Å². The maximum atomic E-state index is 12.4. The van der Waals surface area contributed by atoms with E-state index in [-0.39, 0.29) is 17.5 Å². The van der Waals surface area contributed by atoms with Crippen molar-refractivity contribution in [3.05, 3.63) is 47.9 Å². The minimum Gasteiger partial charge on any atom is -0.352 e. The summed E-state index contributed by atoms with van der Waals surface area (Å²) in [5.74, 6) is 0.975. The molecule has 27 heavy (non-hydrogen) atoms. The molecule has 1 fully saturated rings. The van der Waals surface area contributed by atoms with Crippen LogP contribution in [0.4, 0.5) is 11.5 Å². The van der Waals surface area contributed by atoms with Crippen LogP contribution in [0.3, 0.4) is 0 Å². The molecule has 1 aliphatic rings. The molecule has 0 radical (unpaired) electrons. The van der Waals surface area contributed by atoms with E-state index in [4.69, 9.17) is 0 Å². The fourth-order valence-electron chi connectivity index (χ4n) is 3.00. The molecule has 2 aromatic rings. The van der Waals surface area contributed by atoms with Crippen molar-refractivity contribution in [2.45, 2.75) is 26.7 Å². The van der Waals surface area contributed by atoms with Crippen LogP contribution in [0.15, 0.2) is 36.7 Å². The van der Waals surface area contributed by atoms with Crippen molar-refractivity contribution in [1.82, 2.24) is 14.9 Å². The minimum absolute atomic E-state index is 0.0918. The van der Waals surface area contributed by atoms with Gasteiger partial charge in [0, 0.05) is 38.8 Å². The molecule has 0 saturated carbocycles. The van der Waals surface area contributed by atoms with E-state index in [0.717, 1.165) is 11.5 Å². The monoisotopic (exact) mass is 367 g/mol. The van der Waals surface area contributed by atoms with Crippen molar-refractivity contribution in [3.63, 3.8) is 0 Å². The predicted molar refractivity (Wildman–Crippen MR) is 105 cm³/mol. The van der Waals surface area contributed by atoms with E-state index in [0.29, 0.717) is 32.1 Å². The summed E-state index contributed by atoms with van der Waals surface area (Å²) >= 11 is 0. The Hall–Kier alpha value is -2.96. The topological polar surface area (TPSA) is 78.4 Å². The summed E-state index contributed by atoms with van der Waals surface area (Å²) < 4.78 is 0. The molecule has 0 atom stereocenters. The van der Waals surface area contributed by atoms with Crippen LogP contribution >= 0.6 is 0 Å². The molecule has 1 aliphatic heterocycles. The third-order valence-corrected chi connectivity index (χ3v) is 4.76. The Morgan fingerprint density at radius 2 is 1.67 bits per heavy atom. The lowest BCUT2D eigenvalue weighted by atomic mass is 10.0. The van der Waals surface area contributed by atoms with Gasteiger partial charge in [0.15, 0.2) is 0 Å². The van der Waals surface area contributed by atoms with Gasteiger partial charge in [-0.2, -0.15) is 0 Å². The summed E-state index contributed by atoms with van der Waals surface area (Å²) in [6.45, 7) is 8.61. The highest BCUT2D eigenvalue weighted by molar-refractivity contribution is 6.02. The second-order valence-corrected chi connectivity index (χ2v) is 6.98. The van der Waals surface area contributed by atoms with E-state index in [1.165, 1.54) is 11.8 Å². The molecule has 1 saturated heterocycles. The summed E-state index contributed by atoms with van der Waals surface area (Å²) in [6, 6.07) is 7.80. The Morgan fingerprint density at radius 3 is 2.19 bits per heavy atom. The van der Waals surface area contributed by atoms with E-state index in [9.17, 15) is 9.59 Å². The van der Waals surface area contributed by atoms with Crippen LogP contribution in [0.2, 0.25) is 0 Å². The van der Waals surface area contributed by atoms with Gasteiger partial charge in [0.05, 0.1) is 12.4 Å². The fraction of sp³-hybridized carbons (Fsp3) is 0.400. The zero-order valence-electron chi connectivity index (χ0n) is 16.0. The molecule has 2 heterocycles. The highest BCUT2D eigenvalue weighted by Gasteiger charge is 2.20. The standard InChI is InChI=1S/C20H25N5O2/c1-14(2)16-4-6-17(7-5-16)23-20(27)18-12-22-19(13-21-18)25-10-8-24(9-11-25)15(3)26/h4-7,12-14H,8-11H2,1-3H3,(H,23,27). The number of anilines is 2. The maximum absolute atomic E-state index is 12.4. The van der Waals surface area contributed by atoms with E-state index in [1.54, 1.807) is 13.1 Å². The molecule has 0 spiro atoms. The van der Waals surface area contributed by atoms with Crippen LogP contribution in [0, 0.1) is 0 Å². The third-order valence-electron chi connectivity index (χ3n) is 4.76. The van der Waals surface area contributed by atoms with Crippen LogP contribution < -0.4 is 10.2 Å². The van der Waals surface area contributed by atoms with Crippen molar-refractivity contribution in [2.75, 3.05) is 36.4 Å². The van der Waals surface area contributed by atoms with Crippen LogP contribution in [-0.2, 0) is 4.79 Å². The second-order valence-electron chi connectivity index (χ2n) is 6.98. The minimum atomic E-state index is -0.284. The molecule has 142 valence electrons. The number of amides is 2. The first-order valence-electron chi connectivity index (χ1n) is 9.18. The Labute approximate surface area is 159 Å². The maximum Gasteiger partial charge on any atom is 0.275 e. The number of nitrogens with one attached hydrogen (secondary N) is 1. The zero-order chi connectivity index (χ0) is 19.4. The Bertz CT molecular complexity index is 794. The molecule has 2 amide bonds. The number of aromatic nitrogens is 2. The van der Waals surface area contributed by atoms with Crippen molar-refractivity contribution < 1.29 is 9.59 Å². The molecular formula is C20H25N5O2. The average Bonchev–Trinajstić information content (AvgIpc) is 2.68. The molecular weight excluding hydrogens is 342 g/mol. The van der Waals surface area contributed by atoms with Gasteiger partial charge in [0.25, 0.3) is 5.91 Å². The van der Waals surface area contributed by atoms with Crippen LogP contribution in [0.25, 0.3) is 0 Å². The lowest BCUT2D eigenvalue weighted by Crippen LogP contribution is -2.48. The number of benzene rings is 1. The number of hydrogen-bond acceptors (Lipinski definition) is 5. The van der Waals surface area contributed by atoms with E-state index in [2.05, 4.69) is 34.0 Å². The number of carbonyl (C=O) groups is 2. The summed E-state index contributed by atoms with van der Waals surface area (Å²) in [6.07, 6.45) is 3.10. The SMILES string of the molecule is CC(=O)N1CCN(c2cnc(C(=O)Nc3ccc(C(C)C)cc3)cn2)CC1. The fourth-order valence-corrected chi connectivity index (χ4v) is 3.00. The van der Waals surface area contributed by atoms with E-state index < -0.39 is 0 Å². The van der Waals surface area contributed by atoms with Gasteiger partial charge >= 0.3 is 0 Å². The summed E-state index contributed by atoms with van der Waals surface area (Å²) in [5, 5.41) is 2.84. The second kappa shape index (κ2) is 8.16. The lowest BCUT2D eigenvalue weighted by molar-refractivity contribution is -0.129. The molecule has 1 aromatic carbocycles. The summed E-state index contributed by atoms with van der Waals surface area (Å²) in [7, 11) is 0. The number of hydrogen-bond donors (Lipinski definition) is 1. The Balaban J connectivity index is 1.60. The van der Waals surface area contributed by atoms with Gasteiger partial charge in [0.1, 0.15) is 11.5 Å². The molecule has 1 N–H and O–H groups in total. The van der Waals surface area contributed by atoms with E-state index in [1.807, 2.05) is 29.2 Å². The quantitative estimate of drug-likeness (QED) is 0.898. The highest BCUT2D eigenvalue weighted by Crippen LogP contribution is 2.18.